The number of hydrogen-bond donors (Lipinski definition) is 0. The van der Waals surface area contributed by atoms with Crippen LogP contribution in [0.4, 0.5) is 4.39 Å². The minimum atomic E-state index is -0.978. The third-order valence-electron chi connectivity index (χ3n) is 0.894. The lowest BCUT2D eigenvalue weighted by molar-refractivity contribution is 0.178. The van der Waals surface area contributed by atoms with Crippen LogP contribution >= 0.6 is 0 Å². The maximum Gasteiger partial charge on any atom is 0.105 e. The number of hydrogen-bond acceptors (Lipinski definition) is 0. The van der Waals surface area contributed by atoms with Crippen LogP contribution in [0.1, 0.15) is 48.0 Å². The van der Waals surface area contributed by atoms with Gasteiger partial charge in [0.2, 0.25) is 0 Å². The van der Waals surface area contributed by atoms with Crippen LogP contribution in [0.3, 0.4) is 0 Å². The Hall–Kier alpha value is -0.0700. The fourth-order valence-electron chi connectivity index (χ4n) is 0.971. The standard InChI is InChI=1S/C7H15F.C2H6/c1-6(2)5-7(3,4)8;1-2/h6H,5H2,1-4H3;1-2H3. The quantitative estimate of drug-likeness (QED) is 0.558. The summed E-state index contributed by atoms with van der Waals surface area (Å²) in [6, 6.07) is 0. The Morgan fingerprint density at radius 2 is 1.50 bits per heavy atom. The first kappa shape index (κ1) is 12.6. The van der Waals surface area contributed by atoms with E-state index < -0.39 is 5.67 Å². The Balaban J connectivity index is 0. The first-order valence-corrected chi connectivity index (χ1v) is 4.11. The van der Waals surface area contributed by atoms with Crippen LogP contribution < -0.4 is 0 Å². The first-order chi connectivity index (χ1) is 4.42. The van der Waals surface area contributed by atoms with Crippen molar-refractivity contribution in [1.82, 2.24) is 0 Å². The molecule has 0 amide bonds. The molecule has 0 spiro atoms. The summed E-state index contributed by atoms with van der Waals surface area (Å²) in [7, 11) is 0. The molecule has 0 aromatic carbocycles. The predicted molar refractivity (Wildman–Crippen MR) is 46.0 cm³/mol. The Morgan fingerprint density at radius 3 is 1.50 bits per heavy atom. The SMILES string of the molecule is CC.CC(C)CC(C)(C)F. The Bertz CT molecular complexity index is 59.6. The van der Waals surface area contributed by atoms with E-state index in [9.17, 15) is 4.39 Å². The molecule has 0 unspecified atom stereocenters. The van der Waals surface area contributed by atoms with Crippen LogP contribution in [-0.4, -0.2) is 5.67 Å². The molecule has 0 aliphatic rings. The second-order valence-electron chi connectivity index (χ2n) is 3.32. The highest BCUT2D eigenvalue weighted by molar-refractivity contribution is 4.66. The topological polar surface area (TPSA) is 0 Å². The van der Waals surface area contributed by atoms with Gasteiger partial charge in [-0.05, 0) is 26.2 Å². The van der Waals surface area contributed by atoms with E-state index in [-0.39, 0.29) is 0 Å². The molecule has 0 radical (unpaired) electrons. The summed E-state index contributed by atoms with van der Waals surface area (Å²) < 4.78 is 12.6. The van der Waals surface area contributed by atoms with E-state index in [0.29, 0.717) is 12.3 Å². The molecule has 0 aliphatic heterocycles. The third-order valence-corrected chi connectivity index (χ3v) is 0.894. The monoisotopic (exact) mass is 148 g/mol. The molecule has 0 nitrogen and oxygen atoms in total. The van der Waals surface area contributed by atoms with Gasteiger partial charge in [-0.1, -0.05) is 27.7 Å². The fraction of sp³-hybridized carbons (Fsp3) is 1.00. The second-order valence-corrected chi connectivity index (χ2v) is 3.32. The number of halogens is 1. The maximum absolute atomic E-state index is 12.6. The lowest BCUT2D eigenvalue weighted by Gasteiger charge is -2.15. The molecule has 0 aliphatic carbocycles. The van der Waals surface area contributed by atoms with E-state index in [2.05, 4.69) is 0 Å². The van der Waals surface area contributed by atoms with Gasteiger partial charge in [0.15, 0.2) is 0 Å². The van der Waals surface area contributed by atoms with Crippen LogP contribution in [0.25, 0.3) is 0 Å². The van der Waals surface area contributed by atoms with Crippen molar-refractivity contribution in [3.63, 3.8) is 0 Å². The highest BCUT2D eigenvalue weighted by Crippen LogP contribution is 2.18. The molecule has 0 N–H and O–H groups in total. The molecule has 0 aromatic rings. The van der Waals surface area contributed by atoms with Crippen LogP contribution in [0.5, 0.6) is 0 Å². The van der Waals surface area contributed by atoms with Crippen molar-refractivity contribution >= 4 is 0 Å². The first-order valence-electron chi connectivity index (χ1n) is 4.11. The molecule has 0 atom stereocenters. The van der Waals surface area contributed by atoms with E-state index in [1.165, 1.54) is 0 Å². The Labute approximate surface area is 64.8 Å². The lowest BCUT2D eigenvalue weighted by Crippen LogP contribution is -2.14. The molecule has 0 heterocycles. The second kappa shape index (κ2) is 5.70. The molecule has 1 heteroatoms. The summed E-state index contributed by atoms with van der Waals surface area (Å²) in [4.78, 5) is 0. The van der Waals surface area contributed by atoms with Crippen LogP contribution in [0.15, 0.2) is 0 Å². The van der Waals surface area contributed by atoms with Crippen molar-refractivity contribution in [2.45, 2.75) is 53.6 Å². The summed E-state index contributed by atoms with van der Waals surface area (Å²) in [5.41, 5.74) is -0.978. The molecular formula is C9H21F. The minimum Gasteiger partial charge on any atom is -0.244 e. The predicted octanol–water partition coefficient (Wildman–Crippen LogP) is 3.81. The lowest BCUT2D eigenvalue weighted by atomic mass is 9.98. The molecule has 0 aromatic heterocycles. The molecule has 0 fully saturated rings. The van der Waals surface area contributed by atoms with E-state index in [1.54, 1.807) is 13.8 Å². The summed E-state index contributed by atoms with van der Waals surface area (Å²) in [6.07, 6.45) is 0.660. The third kappa shape index (κ3) is 15.7. The van der Waals surface area contributed by atoms with Gasteiger partial charge in [0, 0.05) is 0 Å². The van der Waals surface area contributed by atoms with Gasteiger partial charge < -0.3 is 0 Å². The zero-order chi connectivity index (χ0) is 8.78. The Morgan fingerprint density at radius 1 is 1.20 bits per heavy atom. The number of rotatable bonds is 2. The smallest absolute Gasteiger partial charge is 0.105 e. The van der Waals surface area contributed by atoms with Crippen molar-refractivity contribution in [3.05, 3.63) is 0 Å². The van der Waals surface area contributed by atoms with Gasteiger partial charge in [-0.3, -0.25) is 0 Å². The van der Waals surface area contributed by atoms with Gasteiger partial charge in [-0.25, -0.2) is 4.39 Å². The summed E-state index contributed by atoms with van der Waals surface area (Å²) in [5, 5.41) is 0. The largest absolute Gasteiger partial charge is 0.244 e. The van der Waals surface area contributed by atoms with E-state index in [4.69, 9.17) is 0 Å². The highest BCUT2D eigenvalue weighted by atomic mass is 19.1. The highest BCUT2D eigenvalue weighted by Gasteiger charge is 2.16. The van der Waals surface area contributed by atoms with E-state index >= 15 is 0 Å². The fourth-order valence-corrected chi connectivity index (χ4v) is 0.971. The Kier molecular flexibility index (Phi) is 7.17. The molecule has 0 saturated carbocycles. The van der Waals surface area contributed by atoms with Crippen molar-refractivity contribution in [3.8, 4) is 0 Å². The summed E-state index contributed by atoms with van der Waals surface area (Å²) in [6.45, 7) is 11.3. The van der Waals surface area contributed by atoms with Gasteiger partial charge in [0.25, 0.3) is 0 Å². The van der Waals surface area contributed by atoms with Crippen LogP contribution in [0.2, 0.25) is 0 Å². The maximum atomic E-state index is 12.6. The van der Waals surface area contributed by atoms with Gasteiger partial charge in [0.1, 0.15) is 5.67 Å². The summed E-state index contributed by atoms with van der Waals surface area (Å²) >= 11 is 0. The zero-order valence-corrected chi connectivity index (χ0v) is 8.16. The van der Waals surface area contributed by atoms with E-state index in [0.717, 1.165) is 0 Å². The minimum absolute atomic E-state index is 0.468. The molecule has 64 valence electrons. The van der Waals surface area contributed by atoms with Crippen molar-refractivity contribution in [2.24, 2.45) is 5.92 Å². The molecular weight excluding hydrogens is 127 g/mol. The van der Waals surface area contributed by atoms with Crippen LogP contribution in [-0.2, 0) is 0 Å². The van der Waals surface area contributed by atoms with Gasteiger partial charge in [-0.15, -0.1) is 0 Å². The average Bonchev–Trinajstić information content (AvgIpc) is 1.64. The number of alkyl halides is 1. The van der Waals surface area contributed by atoms with Gasteiger partial charge in [0.05, 0.1) is 0 Å². The van der Waals surface area contributed by atoms with E-state index in [1.807, 2.05) is 27.7 Å². The van der Waals surface area contributed by atoms with Gasteiger partial charge in [-0.2, -0.15) is 0 Å². The van der Waals surface area contributed by atoms with Crippen molar-refractivity contribution < 1.29 is 4.39 Å². The summed E-state index contributed by atoms with van der Waals surface area (Å²) in [5.74, 6) is 0.468. The average molecular weight is 148 g/mol. The van der Waals surface area contributed by atoms with Gasteiger partial charge >= 0.3 is 0 Å². The molecule has 10 heavy (non-hydrogen) atoms. The van der Waals surface area contributed by atoms with Crippen LogP contribution in [0, 0.1) is 5.92 Å². The molecule has 0 saturated heterocycles. The normalized spacial score (nSPS) is 10.8. The molecule has 0 rings (SSSR count). The van der Waals surface area contributed by atoms with Crippen molar-refractivity contribution in [1.29, 1.82) is 0 Å². The molecule has 0 bridgehead atoms. The zero-order valence-electron chi connectivity index (χ0n) is 8.16. The van der Waals surface area contributed by atoms with Crippen molar-refractivity contribution in [2.75, 3.05) is 0 Å².